The van der Waals surface area contributed by atoms with E-state index < -0.39 is 40.9 Å². The van der Waals surface area contributed by atoms with Gasteiger partial charge in [0, 0.05) is 6.07 Å². The molecule has 1 rings (SSSR count). The molecule has 1 aromatic heterocycles. The van der Waals surface area contributed by atoms with Crippen LogP contribution in [-0.2, 0) is 16.0 Å². The van der Waals surface area contributed by atoms with Crippen molar-refractivity contribution in [3.8, 4) is 5.75 Å². The fraction of sp³-hybridized carbons (Fsp3) is 0.400. The Bertz CT molecular complexity index is 507. The molecule has 0 unspecified atom stereocenters. The molecule has 0 N–H and O–H groups in total. The maximum atomic E-state index is 12.8. The molecule has 0 amide bonds. The molecular formula is C10H10F2N2O5. The van der Waals surface area contributed by atoms with E-state index in [1.165, 1.54) is 0 Å². The molecule has 0 aliphatic carbocycles. The number of rotatable bonds is 5. The minimum absolute atomic E-state index is 0.186. The van der Waals surface area contributed by atoms with E-state index in [4.69, 9.17) is 0 Å². The van der Waals surface area contributed by atoms with Crippen molar-refractivity contribution >= 4 is 11.7 Å². The lowest BCUT2D eigenvalue weighted by Crippen LogP contribution is -2.10. The molecule has 0 aliphatic heterocycles. The van der Waals surface area contributed by atoms with Crippen molar-refractivity contribution < 1.29 is 28.0 Å². The summed E-state index contributed by atoms with van der Waals surface area (Å²) in [4.78, 5) is 24.5. The van der Waals surface area contributed by atoms with Gasteiger partial charge in [0.05, 0.1) is 31.3 Å². The lowest BCUT2D eigenvalue weighted by molar-refractivity contribution is -0.386. The van der Waals surface area contributed by atoms with Crippen LogP contribution < -0.4 is 4.74 Å². The monoisotopic (exact) mass is 276 g/mol. The topological polar surface area (TPSA) is 91.6 Å². The second-order valence-corrected chi connectivity index (χ2v) is 3.36. The highest BCUT2D eigenvalue weighted by Gasteiger charge is 2.27. The Kier molecular flexibility index (Phi) is 4.67. The maximum Gasteiger partial charge on any atom is 0.314 e. The van der Waals surface area contributed by atoms with Gasteiger partial charge in [-0.15, -0.1) is 0 Å². The van der Waals surface area contributed by atoms with E-state index >= 15 is 0 Å². The largest absolute Gasteiger partial charge is 0.489 e. The Morgan fingerprint density at radius 3 is 2.58 bits per heavy atom. The van der Waals surface area contributed by atoms with Crippen LogP contribution in [0.5, 0.6) is 5.75 Å². The molecule has 0 fully saturated rings. The summed E-state index contributed by atoms with van der Waals surface area (Å²) in [5, 5.41) is 10.8. The average Bonchev–Trinajstić information content (AvgIpc) is 2.37. The number of ether oxygens (including phenoxy) is 2. The molecular weight excluding hydrogens is 266 g/mol. The summed E-state index contributed by atoms with van der Waals surface area (Å²) in [6.07, 6.45) is -3.51. The summed E-state index contributed by atoms with van der Waals surface area (Å²) in [7, 11) is 2.13. The van der Waals surface area contributed by atoms with Gasteiger partial charge >= 0.3 is 11.7 Å². The van der Waals surface area contributed by atoms with Gasteiger partial charge in [0.2, 0.25) is 5.75 Å². The summed E-state index contributed by atoms with van der Waals surface area (Å²) in [6, 6.07) is 0.904. The van der Waals surface area contributed by atoms with Gasteiger partial charge in [0.25, 0.3) is 6.43 Å². The van der Waals surface area contributed by atoms with Gasteiger partial charge in [0.15, 0.2) is 5.69 Å². The highest BCUT2D eigenvalue weighted by molar-refractivity contribution is 5.72. The van der Waals surface area contributed by atoms with Crippen LogP contribution in [0.25, 0.3) is 0 Å². The van der Waals surface area contributed by atoms with Gasteiger partial charge in [0.1, 0.15) is 0 Å². The van der Waals surface area contributed by atoms with Crippen molar-refractivity contribution in [3.05, 3.63) is 27.6 Å². The zero-order chi connectivity index (χ0) is 14.6. The number of pyridine rings is 1. The van der Waals surface area contributed by atoms with E-state index in [0.717, 1.165) is 20.3 Å². The number of esters is 1. The minimum atomic E-state index is -3.06. The standard InChI is InChI=1S/C10H10F2N2O5/c1-18-7(15)4-5-3-6(14(16)17)9(19-2)8(13-5)10(11)12/h3,10H,4H2,1-2H3. The Labute approximate surface area is 106 Å². The molecule has 0 saturated carbocycles. The quantitative estimate of drug-likeness (QED) is 0.461. The van der Waals surface area contributed by atoms with Crippen LogP contribution in [-0.4, -0.2) is 30.1 Å². The number of hydrogen-bond acceptors (Lipinski definition) is 6. The third-order valence-electron chi connectivity index (χ3n) is 2.19. The number of aromatic nitrogens is 1. The number of carbonyl (C=O) groups is 1. The van der Waals surface area contributed by atoms with Crippen LogP contribution in [0, 0.1) is 10.1 Å². The van der Waals surface area contributed by atoms with E-state index in [9.17, 15) is 23.7 Å². The third kappa shape index (κ3) is 3.33. The van der Waals surface area contributed by atoms with Crippen molar-refractivity contribution in [2.45, 2.75) is 12.8 Å². The van der Waals surface area contributed by atoms with Crippen LogP contribution >= 0.6 is 0 Å². The molecule has 1 aromatic rings. The van der Waals surface area contributed by atoms with E-state index in [1.807, 2.05) is 0 Å². The second-order valence-electron chi connectivity index (χ2n) is 3.36. The molecule has 0 bridgehead atoms. The summed E-state index contributed by atoms with van der Waals surface area (Å²) in [5.74, 6) is -1.36. The first-order valence-electron chi connectivity index (χ1n) is 4.97. The highest BCUT2D eigenvalue weighted by Crippen LogP contribution is 2.35. The van der Waals surface area contributed by atoms with Gasteiger partial charge in [-0.2, -0.15) is 0 Å². The molecule has 0 saturated heterocycles. The molecule has 1 heterocycles. The summed E-state index contributed by atoms with van der Waals surface area (Å²) < 4.78 is 34.5. The van der Waals surface area contributed by atoms with Crippen LogP contribution in [0.15, 0.2) is 6.07 Å². The molecule has 7 nitrogen and oxygen atoms in total. The second kappa shape index (κ2) is 6.03. The predicted octanol–water partition coefficient (Wildman–Crippen LogP) is 1.65. The van der Waals surface area contributed by atoms with Crippen molar-refractivity contribution in [2.24, 2.45) is 0 Å². The van der Waals surface area contributed by atoms with Crippen LogP contribution in [0.2, 0.25) is 0 Å². The fourth-order valence-corrected chi connectivity index (χ4v) is 1.40. The minimum Gasteiger partial charge on any atom is -0.489 e. The van der Waals surface area contributed by atoms with Gasteiger partial charge in [-0.25, -0.2) is 13.8 Å². The molecule has 0 aliphatic rings. The first-order chi connectivity index (χ1) is 8.90. The number of alkyl halides is 2. The summed E-state index contributed by atoms with van der Waals surface area (Å²) >= 11 is 0. The van der Waals surface area contributed by atoms with Crippen molar-refractivity contribution in [1.29, 1.82) is 0 Å². The molecule has 0 radical (unpaired) electrons. The number of methoxy groups -OCH3 is 2. The number of hydrogen-bond donors (Lipinski definition) is 0. The fourth-order valence-electron chi connectivity index (χ4n) is 1.40. The zero-order valence-electron chi connectivity index (χ0n) is 10.1. The zero-order valence-corrected chi connectivity index (χ0v) is 10.1. The number of carbonyl (C=O) groups excluding carboxylic acids is 1. The summed E-state index contributed by atoms with van der Waals surface area (Å²) in [5.41, 5.74) is -1.74. The van der Waals surface area contributed by atoms with Crippen molar-refractivity contribution in [1.82, 2.24) is 4.98 Å². The highest BCUT2D eigenvalue weighted by atomic mass is 19.3. The van der Waals surface area contributed by atoms with Gasteiger partial charge < -0.3 is 9.47 Å². The van der Waals surface area contributed by atoms with E-state index in [-0.39, 0.29) is 5.69 Å². The van der Waals surface area contributed by atoms with Crippen LogP contribution in [0.1, 0.15) is 17.8 Å². The lowest BCUT2D eigenvalue weighted by atomic mass is 10.2. The van der Waals surface area contributed by atoms with E-state index in [0.29, 0.717) is 0 Å². The van der Waals surface area contributed by atoms with Gasteiger partial charge in [-0.1, -0.05) is 0 Å². The first-order valence-corrected chi connectivity index (χ1v) is 4.97. The summed E-state index contributed by atoms with van der Waals surface area (Å²) in [6.45, 7) is 0. The maximum absolute atomic E-state index is 12.8. The predicted molar refractivity (Wildman–Crippen MR) is 58.1 cm³/mol. The average molecular weight is 276 g/mol. The van der Waals surface area contributed by atoms with Gasteiger partial charge in [-0.3, -0.25) is 14.9 Å². The Morgan fingerprint density at radius 1 is 1.53 bits per heavy atom. The van der Waals surface area contributed by atoms with E-state index in [2.05, 4.69) is 14.5 Å². The lowest BCUT2D eigenvalue weighted by Gasteiger charge is -2.09. The number of nitro groups is 1. The molecule has 0 atom stereocenters. The molecule has 0 aromatic carbocycles. The SMILES string of the molecule is COC(=O)Cc1cc([N+](=O)[O-])c(OC)c(C(F)F)n1. The normalized spacial score (nSPS) is 10.4. The molecule has 19 heavy (non-hydrogen) atoms. The van der Waals surface area contributed by atoms with Crippen molar-refractivity contribution in [2.75, 3.05) is 14.2 Å². The van der Waals surface area contributed by atoms with Gasteiger partial charge in [-0.05, 0) is 0 Å². The smallest absolute Gasteiger partial charge is 0.314 e. The molecule has 0 spiro atoms. The molecule has 104 valence electrons. The Morgan fingerprint density at radius 2 is 2.16 bits per heavy atom. The third-order valence-corrected chi connectivity index (χ3v) is 2.19. The Balaban J connectivity index is 3.36. The van der Waals surface area contributed by atoms with Crippen LogP contribution in [0.3, 0.4) is 0 Å². The molecule has 9 heteroatoms. The first kappa shape index (κ1) is 14.7. The van der Waals surface area contributed by atoms with Crippen LogP contribution in [0.4, 0.5) is 14.5 Å². The number of nitrogens with zero attached hydrogens (tertiary/aromatic N) is 2. The van der Waals surface area contributed by atoms with Crippen molar-refractivity contribution in [3.63, 3.8) is 0 Å². The van der Waals surface area contributed by atoms with E-state index in [1.54, 1.807) is 0 Å². The number of halogens is 2. The Hall–Kier alpha value is -2.32.